The van der Waals surface area contributed by atoms with E-state index in [0.29, 0.717) is 0 Å². The highest BCUT2D eigenvalue weighted by Gasteiger charge is 2.22. The largest absolute Gasteiger partial charge is 0.411 e. The van der Waals surface area contributed by atoms with Gasteiger partial charge in [0.15, 0.2) is 10.8 Å². The number of imidazole rings is 1. The lowest BCUT2D eigenvalue weighted by Gasteiger charge is -2.23. The lowest BCUT2D eigenvalue weighted by molar-refractivity contribution is 0.313. The van der Waals surface area contributed by atoms with Crippen LogP contribution in [0.5, 0.6) is 0 Å². The molecule has 0 amide bonds. The second kappa shape index (κ2) is 7.20. The van der Waals surface area contributed by atoms with Crippen molar-refractivity contribution in [3.8, 4) is 0 Å². The molecule has 1 aliphatic rings. The van der Waals surface area contributed by atoms with Gasteiger partial charge in [-0.3, -0.25) is 0 Å². The van der Waals surface area contributed by atoms with Crippen LogP contribution in [0, 0.1) is 0 Å². The summed E-state index contributed by atoms with van der Waals surface area (Å²) in [5.41, 5.74) is 4.68. The molecule has 8 heteroatoms. The topological polar surface area (TPSA) is 99.1 Å². The van der Waals surface area contributed by atoms with Crippen LogP contribution in [0.15, 0.2) is 41.7 Å². The van der Waals surface area contributed by atoms with E-state index < -0.39 is 0 Å². The molecule has 1 fully saturated rings. The Morgan fingerprint density at radius 3 is 3.11 bits per heavy atom. The zero-order valence-corrected chi connectivity index (χ0v) is 16.0. The third-order valence-corrected chi connectivity index (χ3v) is 6.08. The summed E-state index contributed by atoms with van der Waals surface area (Å²) in [6.45, 7) is 0. The summed E-state index contributed by atoms with van der Waals surface area (Å²) >= 11 is 1.63. The number of H-pyrrole nitrogens is 1. The third kappa shape index (κ3) is 3.31. The number of fused-ring (bicyclic) bond motifs is 2. The Hall–Kier alpha value is -3.00. The first-order chi connectivity index (χ1) is 13.8. The molecule has 3 heterocycles. The highest BCUT2D eigenvalue weighted by atomic mass is 32.1. The van der Waals surface area contributed by atoms with Crippen LogP contribution in [0.4, 0.5) is 5.13 Å². The fourth-order valence-corrected chi connectivity index (χ4v) is 4.71. The fraction of sp³-hybridized carbons (Fsp3) is 0.300. The van der Waals surface area contributed by atoms with Gasteiger partial charge in [-0.2, -0.15) is 0 Å². The van der Waals surface area contributed by atoms with Crippen LogP contribution in [0.2, 0.25) is 0 Å². The van der Waals surface area contributed by atoms with Gasteiger partial charge in [0.25, 0.3) is 0 Å². The maximum Gasteiger partial charge on any atom is 0.184 e. The number of anilines is 1. The molecule has 4 aromatic rings. The van der Waals surface area contributed by atoms with Gasteiger partial charge >= 0.3 is 0 Å². The second-order valence-corrected chi connectivity index (χ2v) is 8.12. The van der Waals surface area contributed by atoms with Gasteiger partial charge in [-0.25, -0.2) is 15.0 Å². The molecule has 0 aliphatic heterocycles. The molecule has 1 aromatic carbocycles. The van der Waals surface area contributed by atoms with E-state index in [0.717, 1.165) is 70.2 Å². The van der Waals surface area contributed by atoms with E-state index in [1.165, 1.54) is 5.56 Å². The number of nitrogens with one attached hydrogen (secondary N) is 2. The molecule has 0 radical (unpaired) electrons. The molecule has 28 heavy (non-hydrogen) atoms. The van der Waals surface area contributed by atoms with Crippen LogP contribution in [-0.2, 0) is 6.42 Å². The van der Waals surface area contributed by atoms with Gasteiger partial charge in [0.05, 0.1) is 27.5 Å². The molecule has 7 nitrogen and oxygen atoms in total. The van der Waals surface area contributed by atoms with E-state index >= 15 is 0 Å². The number of pyridine rings is 1. The van der Waals surface area contributed by atoms with Gasteiger partial charge in [0.2, 0.25) is 0 Å². The van der Waals surface area contributed by atoms with E-state index in [1.807, 2.05) is 12.1 Å². The maximum absolute atomic E-state index is 9.23. The first kappa shape index (κ1) is 17.1. The summed E-state index contributed by atoms with van der Waals surface area (Å²) in [6, 6.07) is 10.3. The molecule has 1 aliphatic carbocycles. The van der Waals surface area contributed by atoms with Crippen molar-refractivity contribution in [2.45, 2.75) is 38.1 Å². The van der Waals surface area contributed by atoms with Gasteiger partial charge in [0.1, 0.15) is 5.82 Å². The number of hydrogen-bond donors (Lipinski definition) is 3. The highest BCUT2D eigenvalue weighted by molar-refractivity contribution is 7.22. The molecule has 0 bridgehead atoms. The predicted molar refractivity (Wildman–Crippen MR) is 111 cm³/mol. The monoisotopic (exact) mass is 392 g/mol. The number of rotatable bonds is 4. The van der Waals surface area contributed by atoms with E-state index in [-0.39, 0.29) is 6.04 Å². The van der Waals surface area contributed by atoms with Gasteiger partial charge in [-0.1, -0.05) is 29.0 Å². The van der Waals surface area contributed by atoms with Crippen LogP contribution in [0.25, 0.3) is 21.4 Å². The Balaban J connectivity index is 1.37. The van der Waals surface area contributed by atoms with E-state index in [4.69, 9.17) is 4.98 Å². The van der Waals surface area contributed by atoms with Crippen molar-refractivity contribution in [2.75, 3.05) is 5.32 Å². The van der Waals surface area contributed by atoms with Gasteiger partial charge in [-0.15, -0.1) is 0 Å². The van der Waals surface area contributed by atoms with Gasteiger partial charge < -0.3 is 15.5 Å². The molecular formula is C20H20N6OS. The highest BCUT2D eigenvalue weighted by Crippen LogP contribution is 2.29. The van der Waals surface area contributed by atoms with E-state index in [9.17, 15) is 5.21 Å². The number of hydrogen-bond acceptors (Lipinski definition) is 7. The van der Waals surface area contributed by atoms with Crippen molar-refractivity contribution in [3.05, 3.63) is 47.9 Å². The minimum atomic E-state index is 0.0711. The summed E-state index contributed by atoms with van der Waals surface area (Å²) in [7, 11) is 0. The van der Waals surface area contributed by atoms with Gasteiger partial charge in [0, 0.05) is 12.6 Å². The average Bonchev–Trinajstić information content (AvgIpc) is 3.30. The number of oxime groups is 1. The van der Waals surface area contributed by atoms with Crippen molar-refractivity contribution in [1.29, 1.82) is 0 Å². The van der Waals surface area contributed by atoms with Crippen molar-refractivity contribution in [1.82, 2.24) is 19.9 Å². The zero-order valence-electron chi connectivity index (χ0n) is 15.2. The molecule has 3 aromatic heterocycles. The Morgan fingerprint density at radius 1 is 1.25 bits per heavy atom. The minimum Gasteiger partial charge on any atom is -0.411 e. The Morgan fingerprint density at radius 2 is 2.21 bits per heavy atom. The second-order valence-electron chi connectivity index (χ2n) is 7.09. The normalized spacial score (nSPS) is 18.9. The molecule has 5 rings (SSSR count). The SMILES string of the molecule is ON=C1CCCC[C@H]1Nc1nc2ccc(Cc3nc4ncccc4[nH]3)cc2s1. The number of aromatic amines is 1. The van der Waals surface area contributed by atoms with Crippen LogP contribution >= 0.6 is 11.3 Å². The summed E-state index contributed by atoms with van der Waals surface area (Å²) in [5, 5.41) is 17.0. The Labute approximate surface area is 165 Å². The first-order valence-electron chi connectivity index (χ1n) is 9.45. The van der Waals surface area contributed by atoms with Crippen molar-refractivity contribution < 1.29 is 5.21 Å². The van der Waals surface area contributed by atoms with Crippen molar-refractivity contribution in [3.63, 3.8) is 0 Å². The number of aromatic nitrogens is 4. The minimum absolute atomic E-state index is 0.0711. The standard InChI is InChI=1S/C20H20N6OS/c27-26-14-5-2-1-4-13(14)23-20-24-15-8-7-12(10-17(15)28-20)11-18-22-16-6-3-9-21-19(16)25-18/h3,6-10,13,27H,1-2,4-5,11H2,(H,23,24)(H,21,22,25)/t13-/m1/s1. The lowest BCUT2D eigenvalue weighted by atomic mass is 9.93. The Kier molecular flexibility index (Phi) is 4.40. The quantitative estimate of drug-likeness (QED) is 0.354. The molecule has 0 saturated heterocycles. The molecule has 142 valence electrons. The molecule has 3 N–H and O–H groups in total. The first-order valence-corrected chi connectivity index (χ1v) is 10.3. The third-order valence-electron chi connectivity index (χ3n) is 5.14. The van der Waals surface area contributed by atoms with Crippen molar-refractivity contribution >= 4 is 43.6 Å². The molecule has 0 unspecified atom stereocenters. The summed E-state index contributed by atoms with van der Waals surface area (Å²) < 4.78 is 1.13. The zero-order chi connectivity index (χ0) is 18.9. The van der Waals surface area contributed by atoms with Crippen molar-refractivity contribution in [2.24, 2.45) is 5.16 Å². The van der Waals surface area contributed by atoms with Crippen LogP contribution in [0.3, 0.4) is 0 Å². The van der Waals surface area contributed by atoms with Crippen LogP contribution in [0.1, 0.15) is 37.1 Å². The van der Waals surface area contributed by atoms with Gasteiger partial charge in [-0.05, 0) is 49.1 Å². The lowest BCUT2D eigenvalue weighted by Crippen LogP contribution is -2.32. The van der Waals surface area contributed by atoms with E-state index in [1.54, 1.807) is 17.5 Å². The number of benzene rings is 1. The maximum atomic E-state index is 9.23. The fourth-order valence-electron chi connectivity index (χ4n) is 3.73. The molecule has 1 saturated carbocycles. The molecule has 1 atom stereocenters. The molecule has 0 spiro atoms. The summed E-state index contributed by atoms with van der Waals surface area (Å²) in [4.78, 5) is 16.9. The van der Waals surface area contributed by atoms with Crippen LogP contribution in [-0.4, -0.2) is 36.9 Å². The smallest absolute Gasteiger partial charge is 0.184 e. The number of thiazole rings is 1. The predicted octanol–water partition coefficient (Wildman–Crippen LogP) is 4.34. The van der Waals surface area contributed by atoms with E-state index in [2.05, 4.69) is 43.6 Å². The van der Waals surface area contributed by atoms with Crippen LogP contribution < -0.4 is 5.32 Å². The average molecular weight is 392 g/mol. The molecular weight excluding hydrogens is 372 g/mol. The summed E-state index contributed by atoms with van der Waals surface area (Å²) in [5.74, 6) is 0.905. The Bertz CT molecular complexity index is 1130. The summed E-state index contributed by atoms with van der Waals surface area (Å²) in [6.07, 6.45) is 6.51. The number of nitrogens with zero attached hydrogens (tertiary/aromatic N) is 4.